The van der Waals surface area contributed by atoms with Crippen molar-refractivity contribution in [3.63, 3.8) is 0 Å². The van der Waals surface area contributed by atoms with Gasteiger partial charge in [-0.15, -0.1) is 0 Å². The third kappa shape index (κ3) is 4.96. The smallest absolute Gasteiger partial charge is 0.309 e. The van der Waals surface area contributed by atoms with Crippen molar-refractivity contribution >= 4 is 21.8 Å². The molecule has 0 aromatic heterocycles. The van der Waals surface area contributed by atoms with Crippen LogP contribution in [0.5, 0.6) is 5.75 Å². The first-order valence-electron chi connectivity index (χ1n) is 11.3. The summed E-state index contributed by atoms with van der Waals surface area (Å²) in [6.45, 7) is 2.04. The number of sulfonamides is 1. The van der Waals surface area contributed by atoms with Crippen LogP contribution in [0.4, 0.5) is 0 Å². The second-order valence-corrected chi connectivity index (χ2v) is 10.6. The van der Waals surface area contributed by atoms with Gasteiger partial charge in [-0.1, -0.05) is 12.1 Å². The number of rotatable bonds is 7. The maximum absolute atomic E-state index is 12.9. The molecule has 8 heteroatoms. The number of Topliss-reactive ketones (excluding diaryl/α,β-unsaturated/α-hetero) is 1. The molecule has 0 N–H and O–H groups in total. The highest BCUT2D eigenvalue weighted by atomic mass is 32.2. The summed E-state index contributed by atoms with van der Waals surface area (Å²) in [6, 6.07) is 12.0. The molecular formula is C25H29NO6S. The summed E-state index contributed by atoms with van der Waals surface area (Å²) in [6.07, 6.45) is 2.95. The van der Waals surface area contributed by atoms with Gasteiger partial charge in [0.05, 0.1) is 17.9 Å². The van der Waals surface area contributed by atoms with Gasteiger partial charge in [0.15, 0.2) is 6.10 Å². The molecule has 1 saturated heterocycles. The monoisotopic (exact) mass is 471 g/mol. The molecule has 0 bridgehead atoms. The summed E-state index contributed by atoms with van der Waals surface area (Å²) in [5.74, 6) is -0.502. The molecule has 0 radical (unpaired) electrons. The van der Waals surface area contributed by atoms with Crippen LogP contribution in [0.1, 0.15) is 47.7 Å². The number of ether oxygens (including phenoxy) is 2. The molecule has 2 aromatic rings. The molecule has 1 fully saturated rings. The predicted molar refractivity (Wildman–Crippen MR) is 123 cm³/mol. The minimum Gasteiger partial charge on any atom is -0.497 e. The highest BCUT2D eigenvalue weighted by Gasteiger charge is 2.34. The minimum absolute atomic E-state index is 0.192. The number of carbonyl (C=O) groups excluding carboxylic acids is 2. The summed E-state index contributed by atoms with van der Waals surface area (Å²) < 4.78 is 37.7. The van der Waals surface area contributed by atoms with Crippen LogP contribution in [-0.2, 0) is 32.4 Å². The van der Waals surface area contributed by atoms with E-state index < -0.39 is 28.0 Å². The van der Waals surface area contributed by atoms with E-state index in [4.69, 9.17) is 9.47 Å². The highest BCUT2D eigenvalue weighted by Crippen LogP contribution is 2.27. The van der Waals surface area contributed by atoms with Gasteiger partial charge in [-0.05, 0) is 80.5 Å². The van der Waals surface area contributed by atoms with Crippen LogP contribution in [0.15, 0.2) is 47.4 Å². The van der Waals surface area contributed by atoms with Crippen molar-refractivity contribution in [1.29, 1.82) is 0 Å². The normalized spacial score (nSPS) is 17.9. The van der Waals surface area contributed by atoms with Crippen molar-refractivity contribution in [3.05, 3.63) is 59.2 Å². The Labute approximate surface area is 194 Å². The van der Waals surface area contributed by atoms with Crippen molar-refractivity contribution in [2.75, 3.05) is 20.2 Å². The molecule has 1 heterocycles. The van der Waals surface area contributed by atoms with Crippen LogP contribution in [0.25, 0.3) is 0 Å². The summed E-state index contributed by atoms with van der Waals surface area (Å²) >= 11 is 0. The van der Waals surface area contributed by atoms with Gasteiger partial charge in [-0.2, -0.15) is 4.31 Å². The fourth-order valence-corrected chi connectivity index (χ4v) is 5.98. The zero-order chi connectivity index (χ0) is 23.6. The van der Waals surface area contributed by atoms with Gasteiger partial charge in [0, 0.05) is 18.7 Å². The molecule has 1 aliphatic heterocycles. The van der Waals surface area contributed by atoms with E-state index in [1.54, 1.807) is 25.1 Å². The second kappa shape index (κ2) is 9.65. The number of fused-ring (bicyclic) bond motifs is 1. The van der Waals surface area contributed by atoms with Crippen molar-refractivity contribution in [2.24, 2.45) is 5.92 Å². The van der Waals surface area contributed by atoms with E-state index >= 15 is 0 Å². The van der Waals surface area contributed by atoms with Crippen LogP contribution in [0.2, 0.25) is 0 Å². The average molecular weight is 472 g/mol. The van der Waals surface area contributed by atoms with Gasteiger partial charge in [0.1, 0.15) is 5.75 Å². The Morgan fingerprint density at radius 2 is 1.67 bits per heavy atom. The molecule has 4 rings (SSSR count). The van der Waals surface area contributed by atoms with Gasteiger partial charge in [-0.25, -0.2) is 8.42 Å². The van der Waals surface area contributed by atoms with Gasteiger partial charge < -0.3 is 9.47 Å². The zero-order valence-corrected chi connectivity index (χ0v) is 19.8. The maximum atomic E-state index is 12.9. The Kier molecular flexibility index (Phi) is 6.86. The number of piperidine rings is 1. The quantitative estimate of drug-likeness (QED) is 0.454. The van der Waals surface area contributed by atoms with Crippen LogP contribution < -0.4 is 4.74 Å². The number of ketones is 1. The lowest BCUT2D eigenvalue weighted by Crippen LogP contribution is -2.41. The molecule has 0 saturated carbocycles. The topological polar surface area (TPSA) is 90.0 Å². The van der Waals surface area contributed by atoms with E-state index in [9.17, 15) is 18.0 Å². The van der Waals surface area contributed by atoms with Crippen molar-refractivity contribution < 1.29 is 27.5 Å². The molecule has 2 aromatic carbocycles. The molecule has 0 spiro atoms. The number of hydrogen-bond donors (Lipinski definition) is 0. The number of methoxy groups -OCH3 is 1. The van der Waals surface area contributed by atoms with Crippen LogP contribution >= 0.6 is 0 Å². The number of aryl methyl sites for hydroxylation is 2. The number of hydrogen-bond acceptors (Lipinski definition) is 6. The van der Waals surface area contributed by atoms with Crippen LogP contribution in [0.3, 0.4) is 0 Å². The zero-order valence-electron chi connectivity index (χ0n) is 19.0. The number of benzene rings is 2. The van der Waals surface area contributed by atoms with Crippen LogP contribution in [0, 0.1) is 5.92 Å². The minimum atomic E-state index is -3.64. The third-order valence-electron chi connectivity index (χ3n) is 6.53. The Bertz CT molecular complexity index is 1130. The molecule has 7 nitrogen and oxygen atoms in total. The van der Waals surface area contributed by atoms with Crippen molar-refractivity contribution in [3.8, 4) is 5.75 Å². The van der Waals surface area contributed by atoms with E-state index in [0.29, 0.717) is 24.2 Å². The Morgan fingerprint density at radius 1 is 1.00 bits per heavy atom. The predicted octanol–water partition coefficient (Wildman–Crippen LogP) is 3.40. The lowest BCUT2D eigenvalue weighted by atomic mass is 9.98. The number of nitrogens with zero attached hydrogens (tertiary/aromatic N) is 1. The molecule has 176 valence electrons. The van der Waals surface area contributed by atoms with E-state index in [1.807, 2.05) is 12.1 Å². The molecule has 2 aliphatic rings. The summed E-state index contributed by atoms with van der Waals surface area (Å²) in [4.78, 5) is 25.6. The lowest BCUT2D eigenvalue weighted by Gasteiger charge is -2.30. The molecule has 1 atom stereocenters. The molecule has 1 unspecified atom stereocenters. The van der Waals surface area contributed by atoms with E-state index in [0.717, 1.165) is 19.3 Å². The highest BCUT2D eigenvalue weighted by molar-refractivity contribution is 7.89. The second-order valence-electron chi connectivity index (χ2n) is 8.63. The van der Waals surface area contributed by atoms with Gasteiger partial charge in [-0.3, -0.25) is 9.59 Å². The van der Waals surface area contributed by atoms with E-state index in [1.165, 1.54) is 34.7 Å². The molecule has 1 aliphatic carbocycles. The summed E-state index contributed by atoms with van der Waals surface area (Å²) in [7, 11) is -2.12. The van der Waals surface area contributed by atoms with Crippen molar-refractivity contribution in [2.45, 2.75) is 50.0 Å². The first kappa shape index (κ1) is 23.4. The first-order chi connectivity index (χ1) is 15.8. The standard InChI is InChI=1S/C25H29NO6S/c1-17(24(27)21-7-6-18-4-3-5-20(18)16-21)32-25(28)19-12-14-26(15-13-19)33(29,30)23-10-8-22(31-2)9-11-23/h6-11,16-17,19H,3-5,12-15H2,1-2H3. The lowest BCUT2D eigenvalue weighted by molar-refractivity contribution is -0.152. The first-order valence-corrected chi connectivity index (χ1v) is 12.7. The number of esters is 1. The van der Waals surface area contributed by atoms with E-state index in [-0.39, 0.29) is 23.8 Å². The molecular weight excluding hydrogens is 442 g/mol. The van der Waals surface area contributed by atoms with Gasteiger partial charge >= 0.3 is 5.97 Å². The maximum Gasteiger partial charge on any atom is 0.309 e. The summed E-state index contributed by atoms with van der Waals surface area (Å²) in [5.41, 5.74) is 3.05. The SMILES string of the molecule is COc1ccc(S(=O)(=O)N2CCC(C(=O)OC(C)C(=O)c3ccc4c(c3)CCC4)CC2)cc1. The average Bonchev–Trinajstić information content (AvgIpc) is 3.31. The third-order valence-corrected chi connectivity index (χ3v) is 8.44. The van der Waals surface area contributed by atoms with Crippen LogP contribution in [-0.4, -0.2) is 50.8 Å². The van der Waals surface area contributed by atoms with Gasteiger partial charge in [0.25, 0.3) is 0 Å². The van der Waals surface area contributed by atoms with Crippen molar-refractivity contribution in [1.82, 2.24) is 4.31 Å². The molecule has 33 heavy (non-hydrogen) atoms. The fraction of sp³-hybridized carbons (Fsp3) is 0.440. The van der Waals surface area contributed by atoms with E-state index in [2.05, 4.69) is 0 Å². The Morgan fingerprint density at radius 3 is 2.33 bits per heavy atom. The Hall–Kier alpha value is -2.71. The fourth-order valence-electron chi connectivity index (χ4n) is 4.51. The Balaban J connectivity index is 1.32. The van der Waals surface area contributed by atoms with Gasteiger partial charge in [0.2, 0.25) is 15.8 Å². The summed E-state index contributed by atoms with van der Waals surface area (Å²) in [5, 5.41) is 0. The molecule has 0 amide bonds. The number of carbonyl (C=O) groups is 2. The largest absolute Gasteiger partial charge is 0.497 e.